The Balaban J connectivity index is 1.65. The highest BCUT2D eigenvalue weighted by Gasteiger charge is 2.43. The highest BCUT2D eigenvalue weighted by atomic mass is 15.2. The highest BCUT2D eigenvalue weighted by Crippen LogP contribution is 2.42. The molecule has 4 rings (SSSR count). The van der Waals surface area contributed by atoms with Gasteiger partial charge in [-0.2, -0.15) is 5.26 Å². The number of aryl methyl sites for hydroxylation is 1. The fourth-order valence-corrected chi connectivity index (χ4v) is 4.79. The van der Waals surface area contributed by atoms with Crippen LogP contribution in [0.4, 0.5) is 5.69 Å². The molecule has 3 aromatic rings. The van der Waals surface area contributed by atoms with Crippen molar-refractivity contribution in [3.63, 3.8) is 0 Å². The first kappa shape index (κ1) is 19.3. The molecule has 0 unspecified atom stereocenters. The van der Waals surface area contributed by atoms with Crippen LogP contribution in [0.3, 0.4) is 0 Å². The minimum atomic E-state index is -0.403. The average molecular weight is 381 g/mol. The molecule has 29 heavy (non-hydrogen) atoms. The molecule has 2 heteroatoms. The van der Waals surface area contributed by atoms with Crippen molar-refractivity contribution in [3.8, 4) is 6.07 Å². The van der Waals surface area contributed by atoms with Crippen molar-refractivity contribution in [1.82, 2.24) is 0 Å². The first-order chi connectivity index (χ1) is 14.2. The minimum absolute atomic E-state index is 0.340. The van der Waals surface area contributed by atoms with Gasteiger partial charge in [0.05, 0.1) is 11.5 Å². The lowest BCUT2D eigenvalue weighted by molar-refractivity contribution is 0.253. The number of anilines is 1. The molecule has 0 amide bonds. The molecule has 1 heterocycles. The van der Waals surface area contributed by atoms with Gasteiger partial charge in [-0.15, -0.1) is 0 Å². The fourth-order valence-electron chi connectivity index (χ4n) is 4.79. The molecule has 0 spiro atoms. The van der Waals surface area contributed by atoms with Crippen LogP contribution in [0.15, 0.2) is 84.9 Å². The quantitative estimate of drug-likeness (QED) is 0.539. The van der Waals surface area contributed by atoms with Crippen LogP contribution in [-0.4, -0.2) is 13.1 Å². The normalized spacial score (nSPS) is 16.6. The summed E-state index contributed by atoms with van der Waals surface area (Å²) < 4.78 is 0. The Morgan fingerprint density at radius 1 is 0.862 bits per heavy atom. The molecule has 146 valence electrons. The molecule has 0 N–H and O–H groups in total. The van der Waals surface area contributed by atoms with E-state index in [4.69, 9.17) is 0 Å². The molecule has 0 radical (unpaired) electrons. The first-order valence-electron chi connectivity index (χ1n) is 10.5. The standard InChI is InChI=1S/C27H28N2/c1-22-10-8-9-15-26(22)29-17-16-25(20-29)27(21-28,18-23-11-4-2-5-12-23)19-24-13-6-3-7-14-24/h2-15,25H,16-20H2,1H3/t25-/m1/s1. The summed E-state index contributed by atoms with van der Waals surface area (Å²) >= 11 is 0. The van der Waals surface area contributed by atoms with Crippen LogP contribution in [0.25, 0.3) is 0 Å². The van der Waals surface area contributed by atoms with Gasteiger partial charge >= 0.3 is 0 Å². The van der Waals surface area contributed by atoms with E-state index < -0.39 is 5.41 Å². The number of hydrogen-bond donors (Lipinski definition) is 0. The van der Waals surface area contributed by atoms with E-state index in [-0.39, 0.29) is 0 Å². The van der Waals surface area contributed by atoms with Crippen LogP contribution in [0, 0.1) is 29.6 Å². The van der Waals surface area contributed by atoms with Crippen molar-refractivity contribution in [3.05, 3.63) is 102 Å². The van der Waals surface area contributed by atoms with Crippen molar-refractivity contribution < 1.29 is 0 Å². The van der Waals surface area contributed by atoms with Crippen LogP contribution in [-0.2, 0) is 12.8 Å². The summed E-state index contributed by atoms with van der Waals surface area (Å²) in [5.41, 5.74) is 4.71. The molecule has 1 saturated heterocycles. The number of nitriles is 1. The topological polar surface area (TPSA) is 27.0 Å². The second-order valence-corrected chi connectivity index (χ2v) is 8.31. The van der Waals surface area contributed by atoms with E-state index in [0.717, 1.165) is 32.4 Å². The Hall–Kier alpha value is -3.05. The molecule has 1 fully saturated rings. The maximum atomic E-state index is 10.5. The molecular formula is C27H28N2. The summed E-state index contributed by atoms with van der Waals surface area (Å²) in [5.74, 6) is 0.340. The SMILES string of the molecule is Cc1ccccc1N1CC[C@@H](C(C#N)(Cc2ccccc2)Cc2ccccc2)C1. The van der Waals surface area contributed by atoms with Crippen LogP contribution >= 0.6 is 0 Å². The fraction of sp³-hybridized carbons (Fsp3) is 0.296. The van der Waals surface area contributed by atoms with Gasteiger partial charge < -0.3 is 4.90 Å². The van der Waals surface area contributed by atoms with Crippen LogP contribution in [0.5, 0.6) is 0 Å². The lowest BCUT2D eigenvalue weighted by atomic mass is 9.68. The molecule has 3 aromatic carbocycles. The van der Waals surface area contributed by atoms with Crippen molar-refractivity contribution >= 4 is 5.69 Å². The van der Waals surface area contributed by atoms with Crippen LogP contribution in [0.2, 0.25) is 0 Å². The number of para-hydroxylation sites is 1. The lowest BCUT2D eigenvalue weighted by Gasteiger charge is -2.34. The first-order valence-corrected chi connectivity index (χ1v) is 10.5. The van der Waals surface area contributed by atoms with Gasteiger partial charge in [0.1, 0.15) is 0 Å². The third-order valence-corrected chi connectivity index (χ3v) is 6.37. The molecule has 0 bridgehead atoms. The summed E-state index contributed by atoms with van der Waals surface area (Å²) in [6.07, 6.45) is 2.65. The average Bonchev–Trinajstić information content (AvgIpc) is 3.26. The number of benzene rings is 3. The largest absolute Gasteiger partial charge is 0.371 e. The summed E-state index contributed by atoms with van der Waals surface area (Å²) in [5, 5.41) is 10.5. The third-order valence-electron chi connectivity index (χ3n) is 6.37. The van der Waals surface area contributed by atoms with E-state index >= 15 is 0 Å². The van der Waals surface area contributed by atoms with Crippen molar-refractivity contribution in [1.29, 1.82) is 5.26 Å². The number of rotatable bonds is 6. The molecule has 1 aliphatic rings. The van der Waals surface area contributed by atoms with Gasteiger partial charge in [0.25, 0.3) is 0 Å². The second-order valence-electron chi connectivity index (χ2n) is 8.31. The zero-order valence-electron chi connectivity index (χ0n) is 17.1. The van der Waals surface area contributed by atoms with Gasteiger partial charge in [0, 0.05) is 18.8 Å². The summed E-state index contributed by atoms with van der Waals surface area (Å²) in [7, 11) is 0. The zero-order valence-corrected chi connectivity index (χ0v) is 17.1. The third kappa shape index (κ3) is 4.20. The van der Waals surface area contributed by atoms with Crippen LogP contribution < -0.4 is 4.90 Å². The van der Waals surface area contributed by atoms with E-state index in [1.807, 2.05) is 12.1 Å². The Morgan fingerprint density at radius 2 is 1.41 bits per heavy atom. The maximum Gasteiger partial charge on any atom is 0.0700 e. The predicted molar refractivity (Wildman–Crippen MR) is 120 cm³/mol. The minimum Gasteiger partial charge on any atom is -0.371 e. The maximum absolute atomic E-state index is 10.5. The summed E-state index contributed by atoms with van der Waals surface area (Å²) in [4.78, 5) is 2.47. The number of hydrogen-bond acceptors (Lipinski definition) is 2. The molecule has 0 aromatic heterocycles. The van der Waals surface area contributed by atoms with Gasteiger partial charge in [-0.3, -0.25) is 0 Å². The van der Waals surface area contributed by atoms with Gasteiger partial charge in [-0.25, -0.2) is 0 Å². The zero-order chi connectivity index (χ0) is 20.1. The van der Waals surface area contributed by atoms with Crippen molar-refractivity contribution in [2.24, 2.45) is 11.3 Å². The molecule has 0 aliphatic carbocycles. The van der Waals surface area contributed by atoms with E-state index in [9.17, 15) is 5.26 Å². The van der Waals surface area contributed by atoms with E-state index in [2.05, 4.69) is 90.7 Å². The van der Waals surface area contributed by atoms with Crippen molar-refractivity contribution in [2.75, 3.05) is 18.0 Å². The van der Waals surface area contributed by atoms with Crippen LogP contribution in [0.1, 0.15) is 23.1 Å². The smallest absolute Gasteiger partial charge is 0.0700 e. The second kappa shape index (κ2) is 8.53. The Labute approximate surface area is 174 Å². The summed E-state index contributed by atoms with van der Waals surface area (Å²) in [6, 6.07) is 32.4. The molecule has 0 saturated carbocycles. The van der Waals surface area contributed by atoms with E-state index in [1.54, 1.807) is 0 Å². The van der Waals surface area contributed by atoms with Gasteiger partial charge in [-0.1, -0.05) is 78.9 Å². The van der Waals surface area contributed by atoms with Gasteiger partial charge in [-0.05, 0) is 54.9 Å². The highest BCUT2D eigenvalue weighted by molar-refractivity contribution is 5.54. The Bertz CT molecular complexity index is 931. The number of nitrogens with zero attached hydrogens (tertiary/aromatic N) is 2. The lowest BCUT2D eigenvalue weighted by Crippen LogP contribution is -2.36. The van der Waals surface area contributed by atoms with Gasteiger partial charge in [0.2, 0.25) is 0 Å². The molecule has 1 aliphatic heterocycles. The Kier molecular flexibility index (Phi) is 5.67. The molecular weight excluding hydrogens is 352 g/mol. The Morgan fingerprint density at radius 3 is 1.97 bits per heavy atom. The molecule has 2 nitrogen and oxygen atoms in total. The monoisotopic (exact) mass is 380 g/mol. The molecule has 1 atom stereocenters. The van der Waals surface area contributed by atoms with Crippen molar-refractivity contribution in [2.45, 2.75) is 26.2 Å². The predicted octanol–water partition coefficient (Wildman–Crippen LogP) is 5.82. The summed E-state index contributed by atoms with van der Waals surface area (Å²) in [6.45, 7) is 4.13. The van der Waals surface area contributed by atoms with Gasteiger partial charge in [0.15, 0.2) is 0 Å². The van der Waals surface area contributed by atoms with E-state index in [1.165, 1.54) is 22.4 Å². The van der Waals surface area contributed by atoms with E-state index in [0.29, 0.717) is 5.92 Å².